The van der Waals surface area contributed by atoms with Gasteiger partial charge in [0.2, 0.25) is 0 Å². The number of hydrogen-bond donors (Lipinski definition) is 0. The molecule has 24 heavy (non-hydrogen) atoms. The average molecular weight is 335 g/mol. The number of thiazole rings is 1. The van der Waals surface area contributed by atoms with E-state index < -0.39 is 0 Å². The van der Waals surface area contributed by atoms with Crippen molar-refractivity contribution < 1.29 is 0 Å². The molecule has 0 amide bonds. The normalized spacial score (nSPS) is 16.0. The van der Waals surface area contributed by atoms with Crippen molar-refractivity contribution in [2.75, 3.05) is 0 Å². The van der Waals surface area contributed by atoms with Gasteiger partial charge in [0.1, 0.15) is 0 Å². The second-order valence-corrected chi connectivity index (χ2v) is 7.24. The summed E-state index contributed by atoms with van der Waals surface area (Å²) in [5, 5.41) is 2.25. The minimum atomic E-state index is 0.558. The Labute approximate surface area is 146 Å². The van der Waals surface area contributed by atoms with Crippen LogP contribution in [0.1, 0.15) is 37.3 Å². The average Bonchev–Trinajstić information content (AvgIpc) is 3.26. The first-order valence-corrected chi connectivity index (χ1v) is 9.41. The molecule has 1 aromatic carbocycles. The molecule has 0 spiro atoms. The molecule has 3 nitrogen and oxygen atoms in total. The summed E-state index contributed by atoms with van der Waals surface area (Å²) in [6.45, 7) is 2.13. The number of aryl methyl sites for hydroxylation is 1. The van der Waals surface area contributed by atoms with Crippen molar-refractivity contribution in [3.63, 3.8) is 0 Å². The molecule has 0 radical (unpaired) electrons. The maximum absolute atomic E-state index is 4.87. The van der Waals surface area contributed by atoms with Crippen LogP contribution in [0.25, 0.3) is 11.3 Å². The van der Waals surface area contributed by atoms with Gasteiger partial charge in [-0.3, -0.25) is 4.98 Å². The molecule has 4 rings (SSSR count). The molecule has 122 valence electrons. The molecule has 1 aliphatic carbocycles. The summed E-state index contributed by atoms with van der Waals surface area (Å²) in [4.78, 5) is 10.1. The van der Waals surface area contributed by atoms with Crippen LogP contribution in [0.15, 0.2) is 59.2 Å². The maximum Gasteiger partial charge on any atom is 0.190 e. The zero-order valence-electron chi connectivity index (χ0n) is 13.9. The number of aromatic nitrogens is 2. The van der Waals surface area contributed by atoms with E-state index in [9.17, 15) is 0 Å². The van der Waals surface area contributed by atoms with Crippen molar-refractivity contribution >= 4 is 17.0 Å². The third kappa shape index (κ3) is 3.06. The van der Waals surface area contributed by atoms with Crippen LogP contribution in [0.2, 0.25) is 0 Å². The lowest BCUT2D eigenvalue weighted by atomic mass is 10.1. The molecule has 2 heterocycles. The SMILES string of the molecule is Cc1ccc(-c2csc(=Nc3cccnc3)n2C2CCCC2)cc1. The van der Waals surface area contributed by atoms with Gasteiger partial charge in [-0.15, -0.1) is 11.3 Å². The van der Waals surface area contributed by atoms with E-state index in [0.29, 0.717) is 6.04 Å². The molecule has 1 fully saturated rings. The van der Waals surface area contributed by atoms with Gasteiger partial charge < -0.3 is 4.57 Å². The Morgan fingerprint density at radius 3 is 2.62 bits per heavy atom. The van der Waals surface area contributed by atoms with E-state index in [1.807, 2.05) is 18.3 Å². The number of benzene rings is 1. The minimum Gasteiger partial charge on any atom is -0.313 e. The van der Waals surface area contributed by atoms with Crippen molar-refractivity contribution in [1.29, 1.82) is 0 Å². The Morgan fingerprint density at radius 2 is 1.92 bits per heavy atom. The van der Waals surface area contributed by atoms with Gasteiger partial charge in [0.15, 0.2) is 4.80 Å². The predicted molar refractivity (Wildman–Crippen MR) is 99.4 cm³/mol. The molecule has 0 atom stereocenters. The van der Waals surface area contributed by atoms with Crippen molar-refractivity contribution in [2.45, 2.75) is 38.6 Å². The number of hydrogen-bond acceptors (Lipinski definition) is 3. The quantitative estimate of drug-likeness (QED) is 0.641. The fourth-order valence-corrected chi connectivity index (χ4v) is 4.37. The van der Waals surface area contributed by atoms with Gasteiger partial charge in [0.25, 0.3) is 0 Å². The fourth-order valence-electron chi connectivity index (χ4n) is 3.38. The van der Waals surface area contributed by atoms with Gasteiger partial charge >= 0.3 is 0 Å². The summed E-state index contributed by atoms with van der Waals surface area (Å²) in [5.41, 5.74) is 4.77. The summed E-state index contributed by atoms with van der Waals surface area (Å²) >= 11 is 1.73. The molecule has 2 aromatic heterocycles. The Balaban J connectivity index is 1.86. The largest absolute Gasteiger partial charge is 0.313 e. The van der Waals surface area contributed by atoms with Gasteiger partial charge in [0.05, 0.1) is 17.6 Å². The first-order valence-electron chi connectivity index (χ1n) is 8.53. The monoisotopic (exact) mass is 335 g/mol. The Morgan fingerprint density at radius 1 is 1.12 bits per heavy atom. The van der Waals surface area contributed by atoms with Crippen LogP contribution in [0.5, 0.6) is 0 Å². The standard InChI is InChI=1S/C20H21N3S/c1-15-8-10-16(11-9-15)19-14-24-20(22-17-5-4-12-21-13-17)23(19)18-6-2-3-7-18/h4-5,8-14,18H,2-3,6-7H2,1H3. The summed E-state index contributed by atoms with van der Waals surface area (Å²) in [5.74, 6) is 0. The van der Waals surface area contributed by atoms with E-state index in [-0.39, 0.29) is 0 Å². The molecular formula is C20H21N3S. The molecule has 4 heteroatoms. The summed E-state index contributed by atoms with van der Waals surface area (Å²) in [7, 11) is 0. The maximum atomic E-state index is 4.87. The van der Waals surface area contributed by atoms with Crippen LogP contribution in [-0.2, 0) is 0 Å². The highest BCUT2D eigenvalue weighted by molar-refractivity contribution is 7.07. The lowest BCUT2D eigenvalue weighted by Crippen LogP contribution is -2.19. The van der Waals surface area contributed by atoms with E-state index in [2.05, 4.69) is 46.1 Å². The van der Waals surface area contributed by atoms with Gasteiger partial charge in [0, 0.05) is 17.6 Å². The van der Waals surface area contributed by atoms with E-state index in [4.69, 9.17) is 4.99 Å². The summed E-state index contributed by atoms with van der Waals surface area (Å²) in [6, 6.07) is 13.3. The summed E-state index contributed by atoms with van der Waals surface area (Å²) < 4.78 is 2.45. The third-order valence-corrected chi connectivity index (χ3v) is 5.49. The van der Waals surface area contributed by atoms with Crippen LogP contribution in [0.3, 0.4) is 0 Å². The van der Waals surface area contributed by atoms with E-state index in [1.165, 1.54) is 42.5 Å². The first kappa shape index (κ1) is 15.3. The molecular weight excluding hydrogens is 314 g/mol. The predicted octanol–water partition coefficient (Wildman–Crippen LogP) is 5.27. The molecule has 1 saturated carbocycles. The number of pyridine rings is 1. The second kappa shape index (κ2) is 6.73. The molecule has 0 N–H and O–H groups in total. The lowest BCUT2D eigenvalue weighted by Gasteiger charge is -2.16. The van der Waals surface area contributed by atoms with Crippen LogP contribution >= 0.6 is 11.3 Å². The molecule has 3 aromatic rings. The van der Waals surface area contributed by atoms with Crippen LogP contribution in [0, 0.1) is 6.92 Å². The van der Waals surface area contributed by atoms with Gasteiger partial charge in [-0.05, 0) is 37.5 Å². The lowest BCUT2D eigenvalue weighted by molar-refractivity contribution is 0.512. The Bertz CT molecular complexity index is 869. The Kier molecular flexibility index (Phi) is 4.30. The van der Waals surface area contributed by atoms with E-state index in [0.717, 1.165) is 10.5 Å². The van der Waals surface area contributed by atoms with E-state index in [1.54, 1.807) is 17.5 Å². The highest BCUT2D eigenvalue weighted by Crippen LogP contribution is 2.33. The van der Waals surface area contributed by atoms with E-state index >= 15 is 0 Å². The van der Waals surface area contributed by atoms with Crippen LogP contribution in [-0.4, -0.2) is 9.55 Å². The summed E-state index contributed by atoms with van der Waals surface area (Å²) in [6.07, 6.45) is 8.73. The molecule has 0 aliphatic heterocycles. The van der Waals surface area contributed by atoms with Crippen molar-refractivity contribution in [2.24, 2.45) is 4.99 Å². The van der Waals surface area contributed by atoms with Crippen molar-refractivity contribution in [3.05, 3.63) is 64.5 Å². The minimum absolute atomic E-state index is 0.558. The highest BCUT2D eigenvalue weighted by Gasteiger charge is 2.21. The molecule has 0 saturated heterocycles. The highest BCUT2D eigenvalue weighted by atomic mass is 32.1. The van der Waals surface area contributed by atoms with Crippen LogP contribution in [0.4, 0.5) is 5.69 Å². The van der Waals surface area contributed by atoms with Crippen molar-refractivity contribution in [1.82, 2.24) is 9.55 Å². The smallest absolute Gasteiger partial charge is 0.190 e. The topological polar surface area (TPSA) is 30.2 Å². The van der Waals surface area contributed by atoms with Gasteiger partial charge in [-0.2, -0.15) is 0 Å². The zero-order valence-corrected chi connectivity index (χ0v) is 14.7. The molecule has 1 aliphatic rings. The molecule has 0 unspecified atom stereocenters. The Hall–Kier alpha value is -2.20. The number of rotatable bonds is 3. The van der Waals surface area contributed by atoms with Crippen LogP contribution < -0.4 is 4.80 Å². The second-order valence-electron chi connectivity index (χ2n) is 6.40. The van der Waals surface area contributed by atoms with Gasteiger partial charge in [-0.1, -0.05) is 42.7 Å². The first-order chi connectivity index (χ1) is 11.8. The third-order valence-electron chi connectivity index (χ3n) is 4.65. The molecule has 0 bridgehead atoms. The fraction of sp³-hybridized carbons (Fsp3) is 0.300. The van der Waals surface area contributed by atoms with Crippen molar-refractivity contribution in [3.8, 4) is 11.3 Å². The zero-order chi connectivity index (χ0) is 16.4. The number of nitrogens with zero attached hydrogens (tertiary/aromatic N) is 3. The van der Waals surface area contributed by atoms with Gasteiger partial charge in [-0.25, -0.2) is 4.99 Å².